The molecule has 0 saturated carbocycles. The first kappa shape index (κ1) is 19.7. The van der Waals surface area contributed by atoms with E-state index in [0.717, 1.165) is 11.3 Å². The molecule has 1 amide bonds. The highest BCUT2D eigenvalue weighted by Crippen LogP contribution is 2.13. The van der Waals surface area contributed by atoms with Crippen LogP contribution in [0, 0.1) is 6.92 Å². The van der Waals surface area contributed by atoms with Crippen molar-refractivity contribution in [1.29, 1.82) is 0 Å². The number of nitrogens with zero attached hydrogens (tertiary/aromatic N) is 3. The van der Waals surface area contributed by atoms with Gasteiger partial charge in [0.25, 0.3) is 5.91 Å². The van der Waals surface area contributed by atoms with Gasteiger partial charge in [-0.15, -0.1) is 0 Å². The van der Waals surface area contributed by atoms with E-state index in [1.54, 1.807) is 18.2 Å². The Morgan fingerprint density at radius 3 is 2.59 bits per heavy atom. The lowest BCUT2D eigenvalue weighted by Crippen LogP contribution is -2.30. The van der Waals surface area contributed by atoms with Gasteiger partial charge in [0.2, 0.25) is 11.9 Å². The van der Waals surface area contributed by atoms with Crippen LogP contribution in [0.25, 0.3) is 0 Å². The van der Waals surface area contributed by atoms with Crippen molar-refractivity contribution in [2.75, 3.05) is 17.6 Å². The predicted molar refractivity (Wildman–Crippen MR) is 107 cm³/mol. The van der Waals surface area contributed by atoms with E-state index in [-0.39, 0.29) is 36.8 Å². The number of nitrogen functional groups attached to an aromatic ring is 1. The molecule has 0 unspecified atom stereocenters. The van der Waals surface area contributed by atoms with Gasteiger partial charge in [0.15, 0.2) is 12.4 Å². The number of carbonyl (C=O) groups excluding carboxylic acids is 2. The van der Waals surface area contributed by atoms with Gasteiger partial charge in [-0.25, -0.2) is 0 Å². The van der Waals surface area contributed by atoms with Crippen molar-refractivity contribution < 1.29 is 14.3 Å². The standard InChI is InChI=1S/C20H20N6O3/c1-13-6-5-7-14(10-13)18(28)22-11-17(27)29-12-16-24-19(21)26-20(25-16)23-15-8-3-2-4-9-15/h2-10H,11-12H2,1H3,(H,22,28)(H3,21,23,24,25,26). The van der Waals surface area contributed by atoms with E-state index in [2.05, 4.69) is 25.6 Å². The number of carbonyl (C=O) groups is 2. The highest BCUT2D eigenvalue weighted by atomic mass is 16.5. The molecule has 0 atom stereocenters. The number of hydrogen-bond acceptors (Lipinski definition) is 8. The Bertz CT molecular complexity index is 1010. The van der Waals surface area contributed by atoms with Crippen molar-refractivity contribution in [2.45, 2.75) is 13.5 Å². The highest BCUT2D eigenvalue weighted by Gasteiger charge is 2.11. The SMILES string of the molecule is Cc1cccc(C(=O)NCC(=O)OCc2nc(N)nc(Nc3ccccc3)n2)c1. The minimum absolute atomic E-state index is 0.00256. The first-order valence-corrected chi connectivity index (χ1v) is 8.82. The number of aryl methyl sites for hydroxylation is 1. The molecule has 2 aromatic carbocycles. The molecule has 0 saturated heterocycles. The largest absolute Gasteiger partial charge is 0.456 e. The summed E-state index contributed by atoms with van der Waals surface area (Å²) in [5, 5.41) is 5.51. The van der Waals surface area contributed by atoms with E-state index >= 15 is 0 Å². The fraction of sp³-hybridized carbons (Fsp3) is 0.150. The third kappa shape index (κ3) is 5.99. The van der Waals surface area contributed by atoms with Gasteiger partial charge < -0.3 is 21.1 Å². The summed E-state index contributed by atoms with van der Waals surface area (Å²) >= 11 is 0. The summed E-state index contributed by atoms with van der Waals surface area (Å²) in [5.74, 6) is -0.555. The molecular weight excluding hydrogens is 372 g/mol. The second kappa shape index (κ2) is 9.27. The van der Waals surface area contributed by atoms with Gasteiger partial charge in [0.1, 0.15) is 6.54 Å². The molecule has 9 nitrogen and oxygen atoms in total. The second-order valence-corrected chi connectivity index (χ2v) is 6.14. The number of benzene rings is 2. The van der Waals surface area contributed by atoms with Crippen LogP contribution < -0.4 is 16.4 Å². The number of hydrogen-bond donors (Lipinski definition) is 3. The Morgan fingerprint density at radius 2 is 1.83 bits per heavy atom. The predicted octanol–water partition coefficient (Wildman–Crippen LogP) is 1.98. The van der Waals surface area contributed by atoms with Crippen LogP contribution in [0.1, 0.15) is 21.7 Å². The topological polar surface area (TPSA) is 132 Å². The summed E-state index contributed by atoms with van der Waals surface area (Å²) in [6, 6.07) is 16.4. The van der Waals surface area contributed by atoms with Crippen LogP contribution >= 0.6 is 0 Å². The normalized spacial score (nSPS) is 10.2. The summed E-state index contributed by atoms with van der Waals surface area (Å²) < 4.78 is 5.11. The van der Waals surface area contributed by atoms with Crippen LogP contribution in [0.4, 0.5) is 17.6 Å². The molecule has 1 heterocycles. The van der Waals surface area contributed by atoms with Crippen LogP contribution in [0.2, 0.25) is 0 Å². The fourth-order valence-corrected chi connectivity index (χ4v) is 2.45. The van der Waals surface area contributed by atoms with E-state index < -0.39 is 5.97 Å². The first-order chi connectivity index (χ1) is 14.0. The lowest BCUT2D eigenvalue weighted by atomic mass is 10.1. The molecular formula is C20H20N6O3. The minimum atomic E-state index is -0.623. The van der Waals surface area contributed by atoms with Gasteiger partial charge in [-0.2, -0.15) is 15.0 Å². The summed E-state index contributed by atoms with van der Waals surface area (Å²) in [6.45, 7) is 1.41. The molecule has 0 aliphatic heterocycles. The number of nitrogens with one attached hydrogen (secondary N) is 2. The average molecular weight is 392 g/mol. The van der Waals surface area contributed by atoms with Crippen LogP contribution in [0.3, 0.4) is 0 Å². The Balaban J connectivity index is 1.52. The van der Waals surface area contributed by atoms with Crippen molar-refractivity contribution in [2.24, 2.45) is 0 Å². The number of anilines is 3. The monoisotopic (exact) mass is 392 g/mol. The lowest BCUT2D eigenvalue weighted by Gasteiger charge is -2.09. The molecule has 0 aliphatic rings. The van der Waals surface area contributed by atoms with Gasteiger partial charge in [-0.05, 0) is 31.2 Å². The second-order valence-electron chi connectivity index (χ2n) is 6.14. The Kier molecular flexibility index (Phi) is 6.31. The van der Waals surface area contributed by atoms with Crippen molar-refractivity contribution in [3.8, 4) is 0 Å². The molecule has 0 aliphatic carbocycles. The number of nitrogens with two attached hydrogens (primary N) is 1. The van der Waals surface area contributed by atoms with Gasteiger partial charge in [-0.1, -0.05) is 35.9 Å². The molecule has 3 aromatic rings. The van der Waals surface area contributed by atoms with Crippen molar-refractivity contribution in [3.05, 3.63) is 71.5 Å². The third-order valence-electron chi connectivity index (χ3n) is 3.76. The fourth-order valence-electron chi connectivity index (χ4n) is 2.45. The van der Waals surface area contributed by atoms with Gasteiger partial charge in [0, 0.05) is 11.3 Å². The number of amides is 1. The number of rotatable bonds is 7. The molecule has 3 rings (SSSR count). The van der Waals surface area contributed by atoms with Crippen molar-refractivity contribution >= 4 is 29.5 Å². The number of esters is 1. The third-order valence-corrected chi connectivity index (χ3v) is 3.76. The molecule has 0 radical (unpaired) electrons. The first-order valence-electron chi connectivity index (χ1n) is 8.82. The number of aromatic nitrogens is 3. The summed E-state index contributed by atoms with van der Waals surface area (Å²) in [6.07, 6.45) is 0. The van der Waals surface area contributed by atoms with Crippen LogP contribution in [0.15, 0.2) is 54.6 Å². The molecule has 0 bridgehead atoms. The molecule has 0 spiro atoms. The van der Waals surface area contributed by atoms with E-state index in [1.807, 2.05) is 43.3 Å². The van der Waals surface area contributed by atoms with E-state index in [1.165, 1.54) is 0 Å². The summed E-state index contributed by atoms with van der Waals surface area (Å²) in [5.41, 5.74) is 7.90. The maximum Gasteiger partial charge on any atom is 0.325 e. The quantitative estimate of drug-likeness (QED) is 0.520. The number of para-hydroxylation sites is 1. The number of ether oxygens (including phenoxy) is 1. The summed E-state index contributed by atoms with van der Waals surface area (Å²) in [4.78, 5) is 36.1. The zero-order valence-corrected chi connectivity index (χ0v) is 15.8. The lowest BCUT2D eigenvalue weighted by molar-refractivity contribution is -0.143. The molecule has 1 aromatic heterocycles. The van der Waals surface area contributed by atoms with Crippen molar-refractivity contribution in [1.82, 2.24) is 20.3 Å². The van der Waals surface area contributed by atoms with Gasteiger partial charge in [0.05, 0.1) is 0 Å². The zero-order chi connectivity index (χ0) is 20.6. The smallest absolute Gasteiger partial charge is 0.325 e. The molecule has 29 heavy (non-hydrogen) atoms. The molecule has 0 fully saturated rings. The molecule has 9 heteroatoms. The Hall–Kier alpha value is -4.01. The van der Waals surface area contributed by atoms with Gasteiger partial charge >= 0.3 is 5.97 Å². The van der Waals surface area contributed by atoms with E-state index in [9.17, 15) is 9.59 Å². The highest BCUT2D eigenvalue weighted by molar-refractivity contribution is 5.96. The van der Waals surface area contributed by atoms with Crippen LogP contribution in [0.5, 0.6) is 0 Å². The maximum absolute atomic E-state index is 12.1. The maximum atomic E-state index is 12.1. The zero-order valence-electron chi connectivity index (χ0n) is 15.8. The molecule has 4 N–H and O–H groups in total. The minimum Gasteiger partial charge on any atom is -0.456 e. The Morgan fingerprint density at radius 1 is 1.03 bits per heavy atom. The van der Waals surface area contributed by atoms with Crippen LogP contribution in [-0.2, 0) is 16.1 Å². The van der Waals surface area contributed by atoms with Crippen LogP contribution in [-0.4, -0.2) is 33.4 Å². The van der Waals surface area contributed by atoms with Crippen molar-refractivity contribution in [3.63, 3.8) is 0 Å². The molecule has 148 valence electrons. The average Bonchev–Trinajstić information content (AvgIpc) is 2.71. The van der Waals surface area contributed by atoms with E-state index in [4.69, 9.17) is 10.5 Å². The Labute approximate surface area is 167 Å². The van der Waals surface area contributed by atoms with Gasteiger partial charge in [-0.3, -0.25) is 9.59 Å². The summed E-state index contributed by atoms with van der Waals surface area (Å²) in [7, 11) is 0. The van der Waals surface area contributed by atoms with E-state index in [0.29, 0.717) is 5.56 Å².